The molecule has 0 spiro atoms. The van der Waals surface area contributed by atoms with Crippen LogP contribution in [0.1, 0.15) is 36.3 Å². The average Bonchev–Trinajstić information content (AvgIpc) is 2.47. The second-order valence-electron chi connectivity index (χ2n) is 4.99. The standard InChI is InChI=1S/C17H20O3/c1-2-16(12-3-7-14(19)8-4-12)17(11-18)13-5-9-15(20)10-6-13/h3-10,16-20H,2,11H2,1H3/t16-,17+/m1/s1. The fourth-order valence-electron chi connectivity index (χ4n) is 2.66. The summed E-state index contributed by atoms with van der Waals surface area (Å²) in [7, 11) is 0. The summed E-state index contributed by atoms with van der Waals surface area (Å²) in [6.45, 7) is 2.13. The molecule has 0 aliphatic carbocycles. The predicted molar refractivity (Wildman–Crippen MR) is 79.1 cm³/mol. The Labute approximate surface area is 119 Å². The first-order valence-corrected chi connectivity index (χ1v) is 6.84. The van der Waals surface area contributed by atoms with Crippen LogP contribution in [0.5, 0.6) is 11.5 Å². The van der Waals surface area contributed by atoms with Crippen LogP contribution in [0.4, 0.5) is 0 Å². The second kappa shape index (κ2) is 6.44. The van der Waals surface area contributed by atoms with Crippen LogP contribution in [0.2, 0.25) is 0 Å². The molecule has 0 aliphatic heterocycles. The van der Waals surface area contributed by atoms with Crippen molar-refractivity contribution >= 4 is 0 Å². The van der Waals surface area contributed by atoms with E-state index in [0.717, 1.165) is 17.5 Å². The Morgan fingerprint density at radius 2 is 1.15 bits per heavy atom. The normalized spacial score (nSPS) is 13.9. The SMILES string of the molecule is CC[C@H](c1ccc(O)cc1)[C@@H](CO)c1ccc(O)cc1. The van der Waals surface area contributed by atoms with Crippen LogP contribution in [0.15, 0.2) is 48.5 Å². The number of aliphatic hydroxyl groups is 1. The third-order valence-electron chi connectivity index (χ3n) is 3.76. The van der Waals surface area contributed by atoms with E-state index in [-0.39, 0.29) is 29.9 Å². The van der Waals surface area contributed by atoms with E-state index >= 15 is 0 Å². The maximum absolute atomic E-state index is 9.75. The molecule has 2 aromatic carbocycles. The molecular weight excluding hydrogens is 252 g/mol. The Balaban J connectivity index is 2.32. The molecule has 0 fully saturated rings. The van der Waals surface area contributed by atoms with E-state index in [1.54, 1.807) is 24.3 Å². The van der Waals surface area contributed by atoms with E-state index in [2.05, 4.69) is 6.92 Å². The van der Waals surface area contributed by atoms with Crippen LogP contribution in [0, 0.1) is 0 Å². The van der Waals surface area contributed by atoms with E-state index in [9.17, 15) is 15.3 Å². The summed E-state index contributed by atoms with van der Waals surface area (Å²) in [6.07, 6.45) is 0.886. The minimum atomic E-state index is -0.0230. The number of phenolic OH excluding ortho intramolecular Hbond substituents is 2. The Morgan fingerprint density at radius 1 is 0.750 bits per heavy atom. The zero-order chi connectivity index (χ0) is 14.5. The van der Waals surface area contributed by atoms with Crippen molar-refractivity contribution in [1.82, 2.24) is 0 Å². The van der Waals surface area contributed by atoms with Gasteiger partial charge in [0.15, 0.2) is 0 Å². The fourth-order valence-corrected chi connectivity index (χ4v) is 2.66. The highest BCUT2D eigenvalue weighted by Gasteiger charge is 2.22. The van der Waals surface area contributed by atoms with Gasteiger partial charge in [-0.3, -0.25) is 0 Å². The summed E-state index contributed by atoms with van der Waals surface area (Å²) in [5.74, 6) is 0.618. The zero-order valence-corrected chi connectivity index (χ0v) is 11.5. The number of aromatic hydroxyl groups is 2. The minimum absolute atomic E-state index is 0.0230. The van der Waals surface area contributed by atoms with E-state index in [1.807, 2.05) is 24.3 Å². The van der Waals surface area contributed by atoms with Crippen molar-refractivity contribution in [2.24, 2.45) is 0 Å². The Hall–Kier alpha value is -2.00. The van der Waals surface area contributed by atoms with Gasteiger partial charge in [0.25, 0.3) is 0 Å². The smallest absolute Gasteiger partial charge is 0.115 e. The fraction of sp³-hybridized carbons (Fsp3) is 0.294. The van der Waals surface area contributed by atoms with E-state index < -0.39 is 0 Å². The number of phenols is 2. The third-order valence-corrected chi connectivity index (χ3v) is 3.76. The monoisotopic (exact) mass is 272 g/mol. The Bertz CT molecular complexity index is 480. The summed E-state index contributed by atoms with van der Waals surface area (Å²) in [4.78, 5) is 0. The molecule has 0 aliphatic rings. The lowest BCUT2D eigenvalue weighted by molar-refractivity contribution is 0.245. The van der Waals surface area contributed by atoms with Crippen molar-refractivity contribution in [3.63, 3.8) is 0 Å². The number of hydrogen-bond acceptors (Lipinski definition) is 3. The van der Waals surface area contributed by atoms with Gasteiger partial charge in [-0.15, -0.1) is 0 Å². The van der Waals surface area contributed by atoms with Gasteiger partial charge < -0.3 is 15.3 Å². The van der Waals surface area contributed by atoms with Crippen molar-refractivity contribution in [3.8, 4) is 11.5 Å². The van der Waals surface area contributed by atoms with Crippen molar-refractivity contribution in [2.45, 2.75) is 25.2 Å². The van der Waals surface area contributed by atoms with Gasteiger partial charge in [-0.2, -0.15) is 0 Å². The van der Waals surface area contributed by atoms with Gasteiger partial charge in [-0.05, 0) is 47.7 Å². The molecule has 0 saturated heterocycles. The van der Waals surface area contributed by atoms with Crippen molar-refractivity contribution < 1.29 is 15.3 Å². The predicted octanol–water partition coefficient (Wildman–Crippen LogP) is 3.37. The first kappa shape index (κ1) is 14.4. The van der Waals surface area contributed by atoms with Crippen LogP contribution in [-0.2, 0) is 0 Å². The summed E-state index contributed by atoms with van der Waals surface area (Å²) in [6, 6.07) is 14.1. The van der Waals surface area contributed by atoms with E-state index in [0.29, 0.717) is 0 Å². The zero-order valence-electron chi connectivity index (χ0n) is 11.5. The Kier molecular flexibility index (Phi) is 4.64. The molecule has 3 N–H and O–H groups in total. The van der Waals surface area contributed by atoms with Gasteiger partial charge >= 0.3 is 0 Å². The van der Waals surface area contributed by atoms with Crippen LogP contribution in [0.3, 0.4) is 0 Å². The number of aliphatic hydroxyl groups excluding tert-OH is 1. The topological polar surface area (TPSA) is 60.7 Å². The lowest BCUT2D eigenvalue weighted by atomic mass is 9.80. The largest absolute Gasteiger partial charge is 0.508 e. The molecule has 106 valence electrons. The lowest BCUT2D eigenvalue weighted by Crippen LogP contribution is -2.14. The van der Waals surface area contributed by atoms with Gasteiger partial charge in [0.05, 0.1) is 6.61 Å². The molecule has 2 rings (SSSR count). The average molecular weight is 272 g/mol. The molecule has 20 heavy (non-hydrogen) atoms. The number of rotatable bonds is 5. The van der Waals surface area contributed by atoms with Crippen LogP contribution < -0.4 is 0 Å². The van der Waals surface area contributed by atoms with Crippen molar-refractivity contribution in [1.29, 1.82) is 0 Å². The molecule has 0 amide bonds. The molecule has 3 nitrogen and oxygen atoms in total. The molecule has 0 heterocycles. The van der Waals surface area contributed by atoms with Gasteiger partial charge in [0.1, 0.15) is 11.5 Å². The molecule has 0 unspecified atom stereocenters. The van der Waals surface area contributed by atoms with E-state index in [1.165, 1.54) is 0 Å². The summed E-state index contributed by atoms with van der Waals surface area (Å²) in [5, 5.41) is 28.5. The van der Waals surface area contributed by atoms with Gasteiger partial charge in [0, 0.05) is 5.92 Å². The molecule has 2 aromatic rings. The molecule has 0 saturated carbocycles. The minimum Gasteiger partial charge on any atom is -0.508 e. The highest BCUT2D eigenvalue weighted by Crippen LogP contribution is 2.36. The summed E-state index contributed by atoms with van der Waals surface area (Å²) in [5.41, 5.74) is 2.10. The molecule has 3 heteroatoms. The highest BCUT2D eigenvalue weighted by molar-refractivity contribution is 5.34. The lowest BCUT2D eigenvalue weighted by Gasteiger charge is -2.25. The maximum atomic E-state index is 9.75. The Morgan fingerprint density at radius 3 is 1.50 bits per heavy atom. The molecule has 0 radical (unpaired) electrons. The van der Waals surface area contributed by atoms with E-state index in [4.69, 9.17) is 0 Å². The molecule has 2 atom stereocenters. The van der Waals surface area contributed by atoms with Crippen LogP contribution in [0.25, 0.3) is 0 Å². The second-order valence-corrected chi connectivity index (χ2v) is 4.99. The van der Waals surface area contributed by atoms with Gasteiger partial charge in [-0.1, -0.05) is 31.2 Å². The highest BCUT2D eigenvalue weighted by atomic mass is 16.3. The number of hydrogen-bond donors (Lipinski definition) is 3. The third kappa shape index (κ3) is 3.11. The number of benzene rings is 2. The van der Waals surface area contributed by atoms with Gasteiger partial charge in [-0.25, -0.2) is 0 Å². The van der Waals surface area contributed by atoms with Gasteiger partial charge in [0.2, 0.25) is 0 Å². The summed E-state index contributed by atoms with van der Waals surface area (Å²) >= 11 is 0. The maximum Gasteiger partial charge on any atom is 0.115 e. The first-order chi connectivity index (χ1) is 9.65. The van der Waals surface area contributed by atoms with Crippen LogP contribution >= 0.6 is 0 Å². The first-order valence-electron chi connectivity index (χ1n) is 6.84. The van der Waals surface area contributed by atoms with Crippen molar-refractivity contribution in [3.05, 3.63) is 59.7 Å². The van der Waals surface area contributed by atoms with Crippen LogP contribution in [-0.4, -0.2) is 21.9 Å². The molecule has 0 aromatic heterocycles. The summed E-state index contributed by atoms with van der Waals surface area (Å²) < 4.78 is 0. The quantitative estimate of drug-likeness (QED) is 0.782. The molecular formula is C17H20O3. The van der Waals surface area contributed by atoms with Crippen molar-refractivity contribution in [2.75, 3.05) is 6.61 Å². The molecule has 0 bridgehead atoms.